The largest absolute Gasteiger partial charge is 0.271 e. The third-order valence-corrected chi connectivity index (χ3v) is 7.82. The summed E-state index contributed by atoms with van der Waals surface area (Å²) < 4.78 is 1.17. The molecule has 2 heterocycles. The molecule has 2 rings (SSSR count). The van der Waals surface area contributed by atoms with Gasteiger partial charge in [0.1, 0.15) is 0 Å². The summed E-state index contributed by atoms with van der Waals surface area (Å²) >= 11 is 9.44. The molecule has 0 bridgehead atoms. The van der Waals surface area contributed by atoms with E-state index in [1.807, 2.05) is 23.5 Å². The molecule has 90 valence electrons. The summed E-state index contributed by atoms with van der Waals surface area (Å²) in [6.45, 7) is 2.30. The van der Waals surface area contributed by atoms with Gasteiger partial charge in [0.05, 0.1) is 6.04 Å². The Bertz CT molecular complexity index is 345. The van der Waals surface area contributed by atoms with E-state index in [4.69, 9.17) is 5.84 Å². The molecule has 1 aromatic heterocycles. The molecule has 1 aliphatic heterocycles. The minimum atomic E-state index is 0.252. The summed E-state index contributed by atoms with van der Waals surface area (Å²) in [6, 6.07) is 2.34. The van der Waals surface area contributed by atoms with Crippen molar-refractivity contribution in [2.24, 2.45) is 5.84 Å². The first-order valence-corrected chi connectivity index (χ1v) is 8.93. The molecule has 2 nitrogen and oxygen atoms in total. The van der Waals surface area contributed by atoms with Gasteiger partial charge in [0.2, 0.25) is 0 Å². The number of hydrogen-bond acceptors (Lipinski definition) is 5. The van der Waals surface area contributed by atoms with E-state index in [9.17, 15) is 0 Å². The predicted molar refractivity (Wildman–Crippen MR) is 80.2 cm³/mol. The van der Waals surface area contributed by atoms with Gasteiger partial charge in [-0.05, 0) is 27.4 Å². The Morgan fingerprint density at radius 3 is 2.81 bits per heavy atom. The first-order chi connectivity index (χ1) is 7.74. The highest BCUT2D eigenvalue weighted by atomic mass is 79.9. The SMILES string of the molecule is CC1SCCSC1C(NN)c1sccc1Br. The number of halogens is 1. The number of rotatable bonds is 3. The van der Waals surface area contributed by atoms with E-state index in [1.54, 1.807) is 11.3 Å². The molecule has 1 aromatic rings. The topological polar surface area (TPSA) is 38.0 Å². The number of thioether (sulfide) groups is 2. The highest BCUT2D eigenvalue weighted by molar-refractivity contribution is 9.10. The van der Waals surface area contributed by atoms with Crippen LogP contribution in [-0.2, 0) is 0 Å². The molecule has 0 saturated carbocycles. The fraction of sp³-hybridized carbons (Fsp3) is 0.600. The highest BCUT2D eigenvalue weighted by Gasteiger charge is 2.32. The third kappa shape index (κ3) is 2.79. The van der Waals surface area contributed by atoms with Gasteiger partial charge in [0.15, 0.2) is 0 Å². The van der Waals surface area contributed by atoms with E-state index in [0.717, 1.165) is 0 Å². The maximum Gasteiger partial charge on any atom is 0.0693 e. The van der Waals surface area contributed by atoms with Crippen molar-refractivity contribution < 1.29 is 0 Å². The quantitative estimate of drug-likeness (QED) is 0.655. The molecule has 1 aliphatic rings. The zero-order valence-corrected chi connectivity index (χ0v) is 13.0. The lowest BCUT2D eigenvalue weighted by Gasteiger charge is -2.33. The van der Waals surface area contributed by atoms with E-state index < -0.39 is 0 Å². The van der Waals surface area contributed by atoms with Crippen molar-refractivity contribution in [3.8, 4) is 0 Å². The number of nitrogens with two attached hydrogens (primary N) is 1. The second-order valence-corrected chi connectivity index (χ2v) is 8.26. The van der Waals surface area contributed by atoms with Crippen LogP contribution < -0.4 is 11.3 Å². The number of nitrogens with one attached hydrogen (secondary N) is 1. The van der Waals surface area contributed by atoms with Crippen LogP contribution in [0.2, 0.25) is 0 Å². The average molecular weight is 339 g/mol. The molecular weight excluding hydrogens is 324 g/mol. The molecule has 0 amide bonds. The first kappa shape index (κ1) is 13.2. The molecule has 0 radical (unpaired) electrons. The standard InChI is InChI=1S/C10H15BrN2S3/c1-6-9(16-5-4-14-6)8(13-12)10-7(11)2-3-15-10/h2-3,6,8-9,13H,4-5,12H2,1H3. The number of hydrogen-bond donors (Lipinski definition) is 2. The number of thiophene rings is 1. The van der Waals surface area contributed by atoms with Gasteiger partial charge in [-0.15, -0.1) is 11.3 Å². The van der Waals surface area contributed by atoms with Gasteiger partial charge in [0, 0.05) is 31.4 Å². The van der Waals surface area contributed by atoms with E-state index in [0.29, 0.717) is 10.5 Å². The Labute approximate surface area is 117 Å². The van der Waals surface area contributed by atoms with Gasteiger partial charge in [-0.2, -0.15) is 23.5 Å². The molecule has 6 heteroatoms. The van der Waals surface area contributed by atoms with Crippen LogP contribution in [0.25, 0.3) is 0 Å². The van der Waals surface area contributed by atoms with E-state index in [-0.39, 0.29) is 6.04 Å². The third-order valence-electron chi connectivity index (χ3n) is 2.67. The normalized spacial score (nSPS) is 27.9. The zero-order chi connectivity index (χ0) is 11.5. The van der Waals surface area contributed by atoms with Crippen LogP contribution in [0.15, 0.2) is 15.9 Å². The second kappa shape index (κ2) is 6.11. The predicted octanol–water partition coefficient (Wildman–Crippen LogP) is 3.25. The maximum absolute atomic E-state index is 5.74. The van der Waals surface area contributed by atoms with Crippen LogP contribution in [0.3, 0.4) is 0 Å². The van der Waals surface area contributed by atoms with Crippen LogP contribution in [-0.4, -0.2) is 22.0 Å². The first-order valence-electron chi connectivity index (χ1n) is 5.16. The van der Waals surface area contributed by atoms with Crippen molar-refractivity contribution in [2.75, 3.05) is 11.5 Å². The van der Waals surface area contributed by atoms with Crippen molar-refractivity contribution in [1.29, 1.82) is 0 Å². The van der Waals surface area contributed by atoms with Crippen LogP contribution in [0.4, 0.5) is 0 Å². The summed E-state index contributed by atoms with van der Waals surface area (Å²) in [5.41, 5.74) is 2.99. The van der Waals surface area contributed by atoms with Crippen molar-refractivity contribution in [3.63, 3.8) is 0 Å². The zero-order valence-electron chi connectivity index (χ0n) is 8.98. The maximum atomic E-state index is 5.74. The van der Waals surface area contributed by atoms with Gasteiger partial charge in [-0.25, -0.2) is 0 Å². The van der Waals surface area contributed by atoms with E-state index in [1.165, 1.54) is 20.9 Å². The highest BCUT2D eigenvalue weighted by Crippen LogP contribution is 2.41. The molecule has 0 spiro atoms. The summed E-state index contributed by atoms with van der Waals surface area (Å²) in [6.07, 6.45) is 0. The fourth-order valence-electron chi connectivity index (χ4n) is 1.86. The molecule has 3 N–H and O–H groups in total. The molecule has 16 heavy (non-hydrogen) atoms. The van der Waals surface area contributed by atoms with Gasteiger partial charge < -0.3 is 0 Å². The smallest absolute Gasteiger partial charge is 0.0693 e. The van der Waals surface area contributed by atoms with Crippen molar-refractivity contribution in [2.45, 2.75) is 23.5 Å². The van der Waals surface area contributed by atoms with Crippen molar-refractivity contribution in [3.05, 3.63) is 20.8 Å². The second-order valence-electron chi connectivity index (χ2n) is 3.69. The Balaban J connectivity index is 2.18. The fourth-order valence-corrected chi connectivity index (χ4v) is 6.59. The van der Waals surface area contributed by atoms with E-state index >= 15 is 0 Å². The Hall–Kier alpha value is 0.800. The van der Waals surface area contributed by atoms with Gasteiger partial charge >= 0.3 is 0 Å². The van der Waals surface area contributed by atoms with Crippen molar-refractivity contribution >= 4 is 50.8 Å². The molecule has 3 unspecified atom stereocenters. The molecule has 0 aromatic carbocycles. The van der Waals surface area contributed by atoms with Crippen LogP contribution in [0, 0.1) is 0 Å². The molecular formula is C10H15BrN2S3. The lowest BCUT2D eigenvalue weighted by Crippen LogP contribution is -2.40. The monoisotopic (exact) mass is 338 g/mol. The molecule has 1 saturated heterocycles. The lowest BCUT2D eigenvalue weighted by atomic mass is 10.1. The summed E-state index contributed by atoms with van der Waals surface area (Å²) in [5.74, 6) is 8.22. The Morgan fingerprint density at radius 1 is 1.50 bits per heavy atom. The minimum Gasteiger partial charge on any atom is -0.271 e. The lowest BCUT2D eigenvalue weighted by molar-refractivity contribution is 0.533. The van der Waals surface area contributed by atoms with Crippen LogP contribution >= 0.6 is 50.8 Å². The average Bonchev–Trinajstić information content (AvgIpc) is 2.69. The van der Waals surface area contributed by atoms with Crippen LogP contribution in [0.5, 0.6) is 0 Å². The molecule has 3 atom stereocenters. The molecule has 0 aliphatic carbocycles. The van der Waals surface area contributed by atoms with Crippen LogP contribution in [0.1, 0.15) is 17.8 Å². The Morgan fingerprint density at radius 2 is 2.25 bits per heavy atom. The van der Waals surface area contributed by atoms with Gasteiger partial charge in [0.25, 0.3) is 0 Å². The molecule has 1 fully saturated rings. The summed E-state index contributed by atoms with van der Waals surface area (Å²) in [5, 5.41) is 3.31. The van der Waals surface area contributed by atoms with Gasteiger partial charge in [-0.1, -0.05) is 6.92 Å². The van der Waals surface area contributed by atoms with Crippen molar-refractivity contribution in [1.82, 2.24) is 5.43 Å². The van der Waals surface area contributed by atoms with E-state index in [2.05, 4.69) is 39.7 Å². The summed E-state index contributed by atoms with van der Waals surface area (Å²) in [4.78, 5) is 1.31. The summed E-state index contributed by atoms with van der Waals surface area (Å²) in [7, 11) is 0. The minimum absolute atomic E-state index is 0.252. The Kier molecular flexibility index (Phi) is 5.05. The van der Waals surface area contributed by atoms with Gasteiger partial charge in [-0.3, -0.25) is 11.3 Å². The number of hydrazine groups is 1.